The fourth-order valence-corrected chi connectivity index (χ4v) is 1.94. The Morgan fingerprint density at radius 3 is 2.36 bits per heavy atom. The fourth-order valence-electron chi connectivity index (χ4n) is 1.77. The summed E-state index contributed by atoms with van der Waals surface area (Å²) in [6, 6.07) is 8.13. The number of aromatic nitrogens is 1. The van der Waals surface area contributed by atoms with E-state index in [9.17, 15) is 9.59 Å². The maximum atomic E-state index is 9.55. The summed E-state index contributed by atoms with van der Waals surface area (Å²) < 4.78 is 2.13. The number of carbonyl (C=O) groups is 2. The van der Waals surface area contributed by atoms with Gasteiger partial charge in [-0.25, -0.2) is 9.59 Å². The van der Waals surface area contributed by atoms with Crippen LogP contribution in [0.25, 0.3) is 10.9 Å². The fraction of sp³-hybridized carbons (Fsp3) is 0.200. The quantitative estimate of drug-likeness (QED) is 0.749. The van der Waals surface area contributed by atoms with Crippen LogP contribution in [0.15, 0.2) is 42.6 Å². The van der Waals surface area contributed by atoms with Gasteiger partial charge in [0.15, 0.2) is 0 Å². The second kappa shape index (κ2) is 8.21. The van der Waals surface area contributed by atoms with E-state index in [0.29, 0.717) is 12.2 Å². The van der Waals surface area contributed by atoms with Crippen molar-refractivity contribution in [2.75, 3.05) is 0 Å². The smallest absolute Gasteiger partial charge is 0.328 e. The van der Waals surface area contributed by atoms with Gasteiger partial charge in [0.25, 0.3) is 0 Å². The van der Waals surface area contributed by atoms with E-state index in [-0.39, 0.29) is 6.04 Å². The predicted molar refractivity (Wildman–Crippen MR) is 85.0 cm³/mol. The minimum Gasteiger partial charge on any atom is -0.478 e. The van der Waals surface area contributed by atoms with Crippen molar-refractivity contribution >= 4 is 34.4 Å². The SMILES string of the molecule is CC(N)Cn1ccc2ccc(Cl)cc21.O=C(O)/C=C/C(=O)O. The number of nitrogens with zero attached hydrogens (tertiary/aromatic N) is 1. The van der Waals surface area contributed by atoms with Gasteiger partial charge in [-0.1, -0.05) is 17.7 Å². The number of carboxylic acids is 2. The van der Waals surface area contributed by atoms with Gasteiger partial charge in [0, 0.05) is 41.5 Å². The first-order chi connectivity index (χ1) is 10.3. The molecule has 0 spiro atoms. The van der Waals surface area contributed by atoms with Gasteiger partial charge >= 0.3 is 11.9 Å². The second-order valence-corrected chi connectivity index (χ2v) is 5.09. The third-order valence-electron chi connectivity index (χ3n) is 2.59. The van der Waals surface area contributed by atoms with Crippen molar-refractivity contribution < 1.29 is 19.8 Å². The van der Waals surface area contributed by atoms with Crippen LogP contribution in [0.5, 0.6) is 0 Å². The summed E-state index contributed by atoms with van der Waals surface area (Å²) in [5.74, 6) is -2.51. The summed E-state index contributed by atoms with van der Waals surface area (Å²) in [7, 11) is 0. The predicted octanol–water partition coefficient (Wildman–Crippen LogP) is 2.35. The van der Waals surface area contributed by atoms with Crippen LogP contribution in [0.1, 0.15) is 6.92 Å². The van der Waals surface area contributed by atoms with Crippen molar-refractivity contribution in [2.24, 2.45) is 5.73 Å². The zero-order valence-corrected chi connectivity index (χ0v) is 12.7. The van der Waals surface area contributed by atoms with Crippen LogP contribution in [-0.2, 0) is 16.1 Å². The largest absolute Gasteiger partial charge is 0.478 e. The van der Waals surface area contributed by atoms with Gasteiger partial charge < -0.3 is 20.5 Å². The molecule has 0 aliphatic carbocycles. The van der Waals surface area contributed by atoms with Crippen molar-refractivity contribution in [3.8, 4) is 0 Å². The number of aliphatic carboxylic acids is 2. The van der Waals surface area contributed by atoms with Gasteiger partial charge in [0.05, 0.1) is 0 Å². The van der Waals surface area contributed by atoms with Gasteiger partial charge in [0.1, 0.15) is 0 Å². The molecule has 118 valence electrons. The van der Waals surface area contributed by atoms with Crippen LogP contribution in [0.3, 0.4) is 0 Å². The van der Waals surface area contributed by atoms with Gasteiger partial charge in [-0.15, -0.1) is 0 Å². The molecule has 0 amide bonds. The van der Waals surface area contributed by atoms with E-state index in [0.717, 1.165) is 17.1 Å². The molecular formula is C15H17ClN2O4. The lowest BCUT2D eigenvalue weighted by Gasteiger charge is -2.08. The zero-order chi connectivity index (χ0) is 16.7. The van der Waals surface area contributed by atoms with Crippen molar-refractivity contribution in [2.45, 2.75) is 19.5 Å². The molecule has 2 aromatic rings. The number of hydrogen-bond acceptors (Lipinski definition) is 3. The van der Waals surface area contributed by atoms with E-state index in [2.05, 4.69) is 10.6 Å². The van der Waals surface area contributed by atoms with Crippen molar-refractivity contribution in [1.82, 2.24) is 4.57 Å². The first kappa shape index (κ1) is 17.7. The highest BCUT2D eigenvalue weighted by molar-refractivity contribution is 6.31. The molecule has 1 aromatic carbocycles. The number of hydrogen-bond donors (Lipinski definition) is 3. The maximum Gasteiger partial charge on any atom is 0.328 e. The molecule has 22 heavy (non-hydrogen) atoms. The standard InChI is InChI=1S/C11H13ClN2.C4H4O4/c1-8(13)7-14-5-4-9-2-3-10(12)6-11(9)14;5-3(6)1-2-4(7)8/h2-6,8H,7,13H2,1H3;1-2H,(H,5,6)(H,7,8)/b;2-1+. The van der Waals surface area contributed by atoms with E-state index in [1.165, 1.54) is 5.39 Å². The molecule has 1 heterocycles. The molecule has 4 N–H and O–H groups in total. The van der Waals surface area contributed by atoms with Crippen LogP contribution >= 0.6 is 11.6 Å². The van der Waals surface area contributed by atoms with Crippen LogP contribution in [0, 0.1) is 0 Å². The van der Waals surface area contributed by atoms with Crippen molar-refractivity contribution in [3.05, 3.63) is 47.6 Å². The number of fused-ring (bicyclic) bond motifs is 1. The van der Waals surface area contributed by atoms with E-state index >= 15 is 0 Å². The molecule has 0 radical (unpaired) electrons. The van der Waals surface area contributed by atoms with Gasteiger partial charge in [-0.05, 0) is 30.5 Å². The van der Waals surface area contributed by atoms with Gasteiger partial charge in [-0.2, -0.15) is 0 Å². The van der Waals surface area contributed by atoms with Crippen molar-refractivity contribution in [1.29, 1.82) is 0 Å². The summed E-state index contributed by atoms with van der Waals surface area (Å²) in [6.45, 7) is 2.82. The molecule has 6 nitrogen and oxygen atoms in total. The molecule has 0 fully saturated rings. The summed E-state index contributed by atoms with van der Waals surface area (Å²) >= 11 is 5.94. The first-order valence-corrected chi connectivity index (χ1v) is 6.81. The molecule has 0 saturated heterocycles. The molecule has 0 bridgehead atoms. The molecule has 0 saturated carbocycles. The lowest BCUT2D eigenvalue weighted by molar-refractivity contribution is -0.134. The molecule has 2 rings (SSSR count). The highest BCUT2D eigenvalue weighted by Gasteiger charge is 2.03. The average molecular weight is 325 g/mol. The van der Waals surface area contributed by atoms with Gasteiger partial charge in [0.2, 0.25) is 0 Å². The molecule has 0 aliphatic heterocycles. The minimum atomic E-state index is -1.26. The molecule has 7 heteroatoms. The highest BCUT2D eigenvalue weighted by atomic mass is 35.5. The molecular weight excluding hydrogens is 308 g/mol. The number of rotatable bonds is 4. The monoisotopic (exact) mass is 324 g/mol. The lowest BCUT2D eigenvalue weighted by atomic mass is 10.2. The Kier molecular flexibility index (Phi) is 6.62. The van der Waals surface area contributed by atoms with E-state index in [1.54, 1.807) is 0 Å². The topological polar surface area (TPSA) is 106 Å². The molecule has 0 aliphatic rings. The first-order valence-electron chi connectivity index (χ1n) is 6.43. The molecule has 1 unspecified atom stereocenters. The Labute approximate surface area is 132 Å². The average Bonchev–Trinajstić information content (AvgIpc) is 2.79. The number of nitrogens with two attached hydrogens (primary N) is 1. The Morgan fingerprint density at radius 2 is 1.86 bits per heavy atom. The molecule has 1 aromatic heterocycles. The number of halogens is 1. The van der Waals surface area contributed by atoms with E-state index in [4.69, 9.17) is 27.5 Å². The minimum absolute atomic E-state index is 0.157. The zero-order valence-electron chi connectivity index (χ0n) is 11.9. The van der Waals surface area contributed by atoms with E-state index < -0.39 is 11.9 Å². The van der Waals surface area contributed by atoms with Crippen LogP contribution in [0.4, 0.5) is 0 Å². The third kappa shape index (κ3) is 5.99. The normalized spacial score (nSPS) is 12.0. The number of carboxylic acid groups (broad SMARTS) is 2. The summed E-state index contributed by atoms with van der Waals surface area (Å²) in [4.78, 5) is 19.1. The van der Waals surface area contributed by atoms with Crippen LogP contribution in [-0.4, -0.2) is 32.8 Å². The van der Waals surface area contributed by atoms with Crippen LogP contribution in [0.2, 0.25) is 5.02 Å². The second-order valence-electron chi connectivity index (χ2n) is 4.66. The Bertz CT molecular complexity index is 676. The maximum absolute atomic E-state index is 9.55. The summed E-state index contributed by atoms with van der Waals surface area (Å²) in [6.07, 6.45) is 3.16. The highest BCUT2D eigenvalue weighted by Crippen LogP contribution is 2.20. The lowest BCUT2D eigenvalue weighted by Crippen LogP contribution is -2.21. The third-order valence-corrected chi connectivity index (χ3v) is 2.82. The Morgan fingerprint density at radius 1 is 1.27 bits per heavy atom. The Hall–Kier alpha value is -2.31. The summed E-state index contributed by atoms with van der Waals surface area (Å²) in [5.41, 5.74) is 6.91. The van der Waals surface area contributed by atoms with E-state index in [1.807, 2.05) is 31.3 Å². The van der Waals surface area contributed by atoms with Gasteiger partial charge in [-0.3, -0.25) is 0 Å². The van der Waals surface area contributed by atoms with Crippen molar-refractivity contribution in [3.63, 3.8) is 0 Å². The summed E-state index contributed by atoms with van der Waals surface area (Å²) in [5, 5.41) is 17.6. The Balaban J connectivity index is 0.000000261. The number of benzene rings is 1. The van der Waals surface area contributed by atoms with Crippen LogP contribution < -0.4 is 5.73 Å². The molecule has 1 atom stereocenters.